The van der Waals surface area contributed by atoms with E-state index in [4.69, 9.17) is 4.74 Å². The number of nitrogens with zero attached hydrogens (tertiary/aromatic N) is 2. The predicted molar refractivity (Wildman–Crippen MR) is 131 cm³/mol. The normalized spacial score (nSPS) is 12.6. The van der Waals surface area contributed by atoms with Crippen molar-refractivity contribution in [3.8, 4) is 11.6 Å². The van der Waals surface area contributed by atoms with Crippen molar-refractivity contribution >= 4 is 27.5 Å². The first kappa shape index (κ1) is 24.2. The molecule has 3 N–H and O–H groups in total. The van der Waals surface area contributed by atoms with Gasteiger partial charge in [-0.3, -0.25) is 9.59 Å². The summed E-state index contributed by atoms with van der Waals surface area (Å²) in [4.78, 5) is 27.1. The minimum absolute atomic E-state index is 0.0391. The maximum atomic E-state index is 13.2. The maximum absolute atomic E-state index is 13.2. The molecule has 0 aliphatic rings. The highest BCUT2D eigenvalue weighted by Gasteiger charge is 2.24. The molecular formula is C24H30N4O4S. The molecule has 1 unspecified atom stereocenters. The largest absolute Gasteiger partial charge is 0.497 e. The van der Waals surface area contributed by atoms with Crippen molar-refractivity contribution in [1.29, 1.82) is 0 Å². The highest BCUT2D eigenvalue weighted by molar-refractivity contribution is 8.32. The average Bonchev–Trinajstić information content (AvgIpc) is 3.08. The zero-order chi connectivity index (χ0) is 24.2. The standard InChI is InChI=1S/C24H30N4O4S/c1-28-22(30)15-18(27-28)14-21(29)26-23(16-6-10-19(32-2)11-7-16)24(31)25-17-8-12-20(13-9-17)33(3,4)5/h6-13,15,23,30H,14H2,1-5H3,(H,25,31)(H,26,29). The molecule has 176 valence electrons. The van der Waals surface area contributed by atoms with E-state index < -0.39 is 22.0 Å². The fourth-order valence-electron chi connectivity index (χ4n) is 3.24. The monoisotopic (exact) mass is 470 g/mol. The summed E-state index contributed by atoms with van der Waals surface area (Å²) in [6.45, 7) is 0. The summed E-state index contributed by atoms with van der Waals surface area (Å²) >= 11 is 0. The van der Waals surface area contributed by atoms with Crippen molar-refractivity contribution in [3.63, 3.8) is 0 Å². The van der Waals surface area contributed by atoms with E-state index in [2.05, 4.69) is 34.5 Å². The molecule has 0 aliphatic carbocycles. The van der Waals surface area contributed by atoms with E-state index in [1.807, 2.05) is 24.3 Å². The van der Waals surface area contributed by atoms with E-state index in [9.17, 15) is 14.7 Å². The molecule has 1 atom stereocenters. The van der Waals surface area contributed by atoms with Gasteiger partial charge in [-0.1, -0.05) is 12.1 Å². The van der Waals surface area contributed by atoms with E-state index in [0.717, 1.165) is 0 Å². The smallest absolute Gasteiger partial charge is 0.251 e. The zero-order valence-electron chi connectivity index (χ0n) is 19.5. The third kappa shape index (κ3) is 6.29. The molecule has 1 aromatic heterocycles. The Hall–Kier alpha value is -3.46. The first-order valence-electron chi connectivity index (χ1n) is 10.3. The Morgan fingerprint density at radius 2 is 1.73 bits per heavy atom. The Morgan fingerprint density at radius 1 is 1.09 bits per heavy atom. The Labute approximate surface area is 195 Å². The van der Waals surface area contributed by atoms with Gasteiger partial charge in [-0.05, 0) is 65.6 Å². The molecule has 0 radical (unpaired) electrons. The predicted octanol–water partition coefficient (Wildman–Crippen LogP) is 3.23. The maximum Gasteiger partial charge on any atom is 0.251 e. The number of amides is 2. The molecule has 3 rings (SSSR count). The zero-order valence-corrected chi connectivity index (χ0v) is 20.3. The number of hydrogen-bond acceptors (Lipinski definition) is 5. The van der Waals surface area contributed by atoms with Crippen LogP contribution in [0.1, 0.15) is 17.3 Å². The van der Waals surface area contributed by atoms with Crippen LogP contribution in [0, 0.1) is 0 Å². The van der Waals surface area contributed by atoms with Crippen LogP contribution in [-0.2, 0) is 23.1 Å². The van der Waals surface area contributed by atoms with Gasteiger partial charge in [0.1, 0.15) is 11.8 Å². The summed E-state index contributed by atoms with van der Waals surface area (Å²) in [6, 6.07) is 15.2. The lowest BCUT2D eigenvalue weighted by Crippen LogP contribution is -2.37. The number of nitrogens with one attached hydrogen (secondary N) is 2. The third-order valence-corrected chi connectivity index (χ3v) is 6.78. The van der Waals surface area contributed by atoms with Gasteiger partial charge in [0.2, 0.25) is 11.8 Å². The second-order valence-electron chi connectivity index (χ2n) is 8.42. The lowest BCUT2D eigenvalue weighted by molar-refractivity contribution is -0.126. The molecule has 0 aliphatic heterocycles. The summed E-state index contributed by atoms with van der Waals surface area (Å²) in [5.41, 5.74) is 1.66. The van der Waals surface area contributed by atoms with E-state index in [1.54, 1.807) is 38.4 Å². The fourth-order valence-corrected chi connectivity index (χ4v) is 4.19. The molecule has 2 aromatic carbocycles. The molecule has 0 spiro atoms. The van der Waals surface area contributed by atoms with Gasteiger partial charge in [0.15, 0.2) is 0 Å². The lowest BCUT2D eigenvalue weighted by Gasteiger charge is -2.26. The Bertz CT molecular complexity index is 1100. The topological polar surface area (TPSA) is 105 Å². The van der Waals surface area contributed by atoms with Crippen molar-refractivity contribution in [2.75, 3.05) is 31.2 Å². The van der Waals surface area contributed by atoms with Crippen LogP contribution in [0.5, 0.6) is 11.6 Å². The van der Waals surface area contributed by atoms with Crippen molar-refractivity contribution in [2.24, 2.45) is 7.05 Å². The molecule has 0 saturated carbocycles. The van der Waals surface area contributed by atoms with Crippen molar-refractivity contribution in [1.82, 2.24) is 15.1 Å². The molecular weight excluding hydrogens is 440 g/mol. The number of aromatic hydroxyl groups is 1. The van der Waals surface area contributed by atoms with Gasteiger partial charge in [-0.2, -0.15) is 5.10 Å². The number of methoxy groups -OCH3 is 1. The van der Waals surface area contributed by atoms with Gasteiger partial charge in [-0.25, -0.2) is 14.7 Å². The number of carbonyl (C=O) groups is 2. The summed E-state index contributed by atoms with van der Waals surface area (Å²) in [5, 5.41) is 19.4. The summed E-state index contributed by atoms with van der Waals surface area (Å²) in [6.07, 6.45) is 6.54. The van der Waals surface area contributed by atoms with E-state index in [0.29, 0.717) is 22.7 Å². The SMILES string of the molecule is COc1ccc(C(NC(=O)Cc2cc(O)n(C)n2)C(=O)Nc2ccc(S(C)(C)C)cc2)cc1. The number of rotatable bonds is 8. The third-order valence-electron chi connectivity index (χ3n) is 5.09. The van der Waals surface area contributed by atoms with Gasteiger partial charge in [-0.15, -0.1) is 0 Å². The van der Waals surface area contributed by atoms with Crippen molar-refractivity contribution in [2.45, 2.75) is 17.4 Å². The molecule has 0 fully saturated rings. The number of anilines is 1. The Morgan fingerprint density at radius 3 is 2.24 bits per heavy atom. The first-order chi connectivity index (χ1) is 15.6. The van der Waals surface area contributed by atoms with Crippen molar-refractivity contribution < 1.29 is 19.4 Å². The molecule has 2 amide bonds. The van der Waals surface area contributed by atoms with Gasteiger partial charge in [0.25, 0.3) is 5.91 Å². The summed E-state index contributed by atoms with van der Waals surface area (Å²) in [7, 11) is 2.27. The average molecular weight is 471 g/mol. The second kappa shape index (κ2) is 9.99. The lowest BCUT2D eigenvalue weighted by atomic mass is 10.1. The van der Waals surface area contributed by atoms with Crippen LogP contribution in [0.2, 0.25) is 0 Å². The minimum atomic E-state index is -0.923. The van der Waals surface area contributed by atoms with Crippen LogP contribution in [0.3, 0.4) is 0 Å². The number of ether oxygens (including phenoxy) is 1. The molecule has 33 heavy (non-hydrogen) atoms. The van der Waals surface area contributed by atoms with Crippen LogP contribution >= 0.6 is 10.0 Å². The van der Waals surface area contributed by atoms with Gasteiger partial charge in [0, 0.05) is 18.8 Å². The number of aryl methyl sites for hydroxylation is 1. The van der Waals surface area contributed by atoms with Crippen LogP contribution in [0.15, 0.2) is 59.5 Å². The minimum Gasteiger partial charge on any atom is -0.497 e. The molecule has 0 saturated heterocycles. The molecule has 1 heterocycles. The summed E-state index contributed by atoms with van der Waals surface area (Å²) < 4.78 is 6.47. The Kier molecular flexibility index (Phi) is 7.33. The molecule has 3 aromatic rings. The van der Waals surface area contributed by atoms with E-state index in [1.165, 1.54) is 15.6 Å². The molecule has 9 heteroatoms. The summed E-state index contributed by atoms with van der Waals surface area (Å²) in [5.74, 6) is -0.153. The van der Waals surface area contributed by atoms with Crippen LogP contribution in [-0.4, -0.2) is 52.6 Å². The van der Waals surface area contributed by atoms with Crippen LogP contribution in [0.25, 0.3) is 0 Å². The highest BCUT2D eigenvalue weighted by Crippen LogP contribution is 2.45. The fraction of sp³-hybridized carbons (Fsp3) is 0.292. The number of aromatic nitrogens is 2. The Balaban J connectivity index is 1.79. The van der Waals surface area contributed by atoms with Crippen molar-refractivity contribution in [3.05, 3.63) is 65.9 Å². The van der Waals surface area contributed by atoms with Gasteiger partial charge in [0.05, 0.1) is 19.2 Å². The number of hydrogen-bond donors (Lipinski definition) is 3. The van der Waals surface area contributed by atoms with Gasteiger partial charge >= 0.3 is 0 Å². The highest BCUT2D eigenvalue weighted by atomic mass is 32.3. The van der Waals surface area contributed by atoms with Crippen LogP contribution in [0.4, 0.5) is 5.69 Å². The van der Waals surface area contributed by atoms with Crippen LogP contribution < -0.4 is 15.4 Å². The number of benzene rings is 2. The van der Waals surface area contributed by atoms with Gasteiger partial charge < -0.3 is 20.5 Å². The number of carbonyl (C=O) groups excluding carboxylic acids is 2. The second-order valence-corrected chi connectivity index (χ2v) is 12.6. The van der Waals surface area contributed by atoms with E-state index >= 15 is 0 Å². The quantitative estimate of drug-likeness (QED) is 0.469. The first-order valence-corrected chi connectivity index (χ1v) is 13.2. The molecule has 0 bridgehead atoms. The van der Waals surface area contributed by atoms with E-state index in [-0.39, 0.29) is 18.2 Å². The molecule has 8 nitrogen and oxygen atoms in total.